The van der Waals surface area contributed by atoms with E-state index >= 15 is 0 Å². The molecule has 1 rings (SSSR count). The third-order valence-corrected chi connectivity index (χ3v) is 5.39. The van der Waals surface area contributed by atoms with Crippen molar-refractivity contribution in [1.29, 1.82) is 0 Å². The molecular weight excluding hydrogens is 316 g/mol. The summed E-state index contributed by atoms with van der Waals surface area (Å²) < 4.78 is 0. The van der Waals surface area contributed by atoms with Gasteiger partial charge in [-0.15, -0.1) is 13.2 Å². The lowest BCUT2D eigenvalue weighted by Crippen LogP contribution is -2.44. The van der Waals surface area contributed by atoms with Crippen LogP contribution in [0.2, 0.25) is 0 Å². The number of allylic oxidation sites excluding steroid dienone is 2. The topological polar surface area (TPSA) is 74.6 Å². The van der Waals surface area contributed by atoms with Crippen molar-refractivity contribution in [1.82, 2.24) is 0 Å². The largest absolute Gasteiger partial charge is 0.392 e. The van der Waals surface area contributed by atoms with Crippen LogP contribution in [0.3, 0.4) is 0 Å². The first-order chi connectivity index (χ1) is 11.5. The highest BCUT2D eigenvalue weighted by atomic mass is 16.3. The summed E-state index contributed by atoms with van der Waals surface area (Å²) in [5.74, 6) is -1.13. The molecule has 1 aliphatic rings. The highest BCUT2D eigenvalue weighted by Crippen LogP contribution is 2.42. The van der Waals surface area contributed by atoms with E-state index in [0.29, 0.717) is 24.8 Å². The molecule has 0 amide bonds. The van der Waals surface area contributed by atoms with Gasteiger partial charge in [-0.2, -0.15) is 0 Å². The zero-order valence-corrected chi connectivity index (χ0v) is 15.9. The van der Waals surface area contributed by atoms with E-state index in [9.17, 15) is 19.8 Å². The van der Waals surface area contributed by atoms with Crippen molar-refractivity contribution in [3.8, 4) is 0 Å². The minimum absolute atomic E-state index is 0.122. The molecule has 4 atom stereocenters. The molecule has 0 saturated heterocycles. The second kappa shape index (κ2) is 8.24. The van der Waals surface area contributed by atoms with Crippen LogP contribution in [0.15, 0.2) is 37.0 Å². The molecule has 0 aromatic rings. The Kier molecular flexibility index (Phi) is 7.09. The lowest BCUT2D eigenvalue weighted by atomic mass is 9.79. The molecule has 4 heteroatoms. The molecule has 0 aromatic carbocycles. The Bertz CT molecular complexity index is 572. The predicted molar refractivity (Wildman–Crippen MR) is 100 cm³/mol. The average Bonchev–Trinajstić information content (AvgIpc) is 2.79. The second-order valence-corrected chi connectivity index (χ2v) is 7.91. The number of hydrogen-bond donors (Lipinski definition) is 2. The van der Waals surface area contributed by atoms with E-state index in [0.717, 1.165) is 0 Å². The van der Waals surface area contributed by atoms with Gasteiger partial charge >= 0.3 is 0 Å². The highest BCUT2D eigenvalue weighted by molar-refractivity contribution is 6.02. The Morgan fingerprint density at radius 2 is 1.92 bits per heavy atom. The third-order valence-electron chi connectivity index (χ3n) is 5.39. The summed E-state index contributed by atoms with van der Waals surface area (Å²) in [6.45, 7) is 14.5. The molecule has 1 saturated carbocycles. The normalized spacial score (nSPS) is 30.2. The summed E-state index contributed by atoms with van der Waals surface area (Å²) in [5.41, 5.74) is -1.79. The Labute approximate surface area is 151 Å². The van der Waals surface area contributed by atoms with Gasteiger partial charge in [0, 0.05) is 17.8 Å². The number of carbonyl (C=O) groups is 2. The molecule has 0 radical (unpaired) electrons. The van der Waals surface area contributed by atoms with Crippen LogP contribution in [0.5, 0.6) is 0 Å². The van der Waals surface area contributed by atoms with Gasteiger partial charge in [0.05, 0.1) is 6.10 Å². The SMILES string of the molecule is C=CCCC(=O)C(C)(C)C/C=C(\C)C(=O)[C@@]1(O)C[C@H](C)[C@@H](O)[C@@H]1C=C. The Morgan fingerprint density at radius 3 is 2.44 bits per heavy atom. The van der Waals surface area contributed by atoms with Gasteiger partial charge in [0.1, 0.15) is 11.4 Å². The Balaban J connectivity index is 2.91. The zero-order valence-electron chi connectivity index (χ0n) is 15.9. The Hall–Kier alpha value is -1.52. The number of ketones is 2. The molecule has 0 spiro atoms. The maximum atomic E-state index is 12.8. The lowest BCUT2D eigenvalue weighted by molar-refractivity contribution is -0.136. The van der Waals surface area contributed by atoms with Crippen LogP contribution < -0.4 is 0 Å². The first kappa shape index (κ1) is 21.5. The zero-order chi connectivity index (χ0) is 19.4. The molecular formula is C21H32O4. The second-order valence-electron chi connectivity index (χ2n) is 7.91. The summed E-state index contributed by atoms with van der Waals surface area (Å²) in [6.07, 6.45) is 5.82. The van der Waals surface area contributed by atoms with E-state index < -0.39 is 28.8 Å². The van der Waals surface area contributed by atoms with Gasteiger partial charge < -0.3 is 10.2 Å². The maximum absolute atomic E-state index is 12.8. The van der Waals surface area contributed by atoms with Gasteiger partial charge in [0.2, 0.25) is 0 Å². The molecule has 0 aromatic heterocycles. The van der Waals surface area contributed by atoms with Crippen LogP contribution in [-0.4, -0.2) is 33.5 Å². The van der Waals surface area contributed by atoms with Crippen molar-refractivity contribution in [3.63, 3.8) is 0 Å². The van der Waals surface area contributed by atoms with Gasteiger partial charge in [-0.25, -0.2) is 0 Å². The monoisotopic (exact) mass is 348 g/mol. The highest BCUT2D eigenvalue weighted by Gasteiger charge is 2.53. The number of aliphatic hydroxyl groups excluding tert-OH is 1. The smallest absolute Gasteiger partial charge is 0.190 e. The van der Waals surface area contributed by atoms with E-state index in [1.807, 2.05) is 20.8 Å². The fraction of sp³-hybridized carbons (Fsp3) is 0.619. The number of carbonyl (C=O) groups excluding carboxylic acids is 2. The summed E-state index contributed by atoms with van der Waals surface area (Å²) in [7, 11) is 0. The van der Waals surface area contributed by atoms with Crippen molar-refractivity contribution in [2.75, 3.05) is 0 Å². The molecule has 25 heavy (non-hydrogen) atoms. The van der Waals surface area contributed by atoms with Crippen LogP contribution in [-0.2, 0) is 9.59 Å². The van der Waals surface area contributed by atoms with E-state index in [4.69, 9.17) is 0 Å². The third kappa shape index (κ3) is 4.56. The minimum Gasteiger partial charge on any atom is -0.392 e. The fourth-order valence-corrected chi connectivity index (χ4v) is 3.49. The Morgan fingerprint density at radius 1 is 1.32 bits per heavy atom. The van der Waals surface area contributed by atoms with E-state index in [1.54, 1.807) is 19.1 Å². The van der Waals surface area contributed by atoms with Crippen molar-refractivity contribution in [3.05, 3.63) is 37.0 Å². The molecule has 4 nitrogen and oxygen atoms in total. The molecule has 1 aliphatic carbocycles. The minimum atomic E-state index is -1.63. The van der Waals surface area contributed by atoms with E-state index in [2.05, 4.69) is 13.2 Å². The predicted octanol–water partition coefficient (Wildman–Crippen LogP) is 3.39. The van der Waals surface area contributed by atoms with Gasteiger partial charge in [-0.1, -0.05) is 39.0 Å². The fourth-order valence-electron chi connectivity index (χ4n) is 3.49. The van der Waals surface area contributed by atoms with Crippen LogP contribution in [0, 0.1) is 17.3 Å². The van der Waals surface area contributed by atoms with Crippen LogP contribution in [0.25, 0.3) is 0 Å². The summed E-state index contributed by atoms with van der Waals surface area (Å²) in [5, 5.41) is 21.1. The lowest BCUT2D eigenvalue weighted by Gasteiger charge is -2.28. The van der Waals surface area contributed by atoms with Gasteiger partial charge in [-0.05, 0) is 37.7 Å². The first-order valence-electron chi connectivity index (χ1n) is 8.90. The van der Waals surface area contributed by atoms with E-state index in [1.165, 1.54) is 6.08 Å². The molecule has 0 heterocycles. The quantitative estimate of drug-likeness (QED) is 0.495. The average molecular weight is 348 g/mol. The van der Waals surface area contributed by atoms with E-state index in [-0.39, 0.29) is 18.1 Å². The summed E-state index contributed by atoms with van der Waals surface area (Å²) >= 11 is 0. The number of aliphatic hydroxyl groups is 2. The summed E-state index contributed by atoms with van der Waals surface area (Å²) in [4.78, 5) is 25.1. The van der Waals surface area contributed by atoms with Gasteiger partial charge in [-0.3, -0.25) is 9.59 Å². The number of Topliss-reactive ketones (excluding diaryl/α,β-unsaturated/α-hetero) is 2. The maximum Gasteiger partial charge on any atom is 0.190 e. The molecule has 0 unspecified atom stereocenters. The molecule has 1 fully saturated rings. The first-order valence-corrected chi connectivity index (χ1v) is 8.90. The summed E-state index contributed by atoms with van der Waals surface area (Å²) in [6, 6.07) is 0. The van der Waals surface area contributed by atoms with Crippen LogP contribution in [0.4, 0.5) is 0 Å². The number of hydrogen-bond acceptors (Lipinski definition) is 4. The van der Waals surface area contributed by atoms with Crippen LogP contribution >= 0.6 is 0 Å². The van der Waals surface area contributed by atoms with Crippen molar-refractivity contribution in [2.45, 2.75) is 65.1 Å². The standard InChI is InChI=1S/C21H32O4/c1-7-9-10-17(22)20(5,6)12-11-14(3)19(24)21(25)13-15(4)18(23)16(21)8-2/h7-8,11,15-16,18,23,25H,1-2,9-10,12-13H2,3-6H3/b14-11+/t15-,16-,18+,21+/m0/s1. The molecule has 0 aliphatic heterocycles. The van der Waals surface area contributed by atoms with Crippen molar-refractivity contribution >= 4 is 11.6 Å². The van der Waals surface area contributed by atoms with Gasteiger partial charge in [0.15, 0.2) is 5.78 Å². The molecule has 140 valence electrons. The number of rotatable bonds is 9. The molecule has 2 N–H and O–H groups in total. The van der Waals surface area contributed by atoms with Gasteiger partial charge in [0.25, 0.3) is 0 Å². The molecule has 0 bridgehead atoms. The van der Waals surface area contributed by atoms with Crippen LogP contribution in [0.1, 0.15) is 53.4 Å². The van der Waals surface area contributed by atoms with Crippen molar-refractivity contribution in [2.24, 2.45) is 17.3 Å². The van der Waals surface area contributed by atoms with Crippen molar-refractivity contribution < 1.29 is 19.8 Å².